The molecule has 4 saturated carbocycles. The number of carbonyl (C=O) groups excluding carboxylic acids is 3. The largest absolute Gasteiger partial charge is 0.369 e. The number of hydrogen-bond acceptors (Lipinski definition) is 3. The van der Waals surface area contributed by atoms with Gasteiger partial charge >= 0.3 is 0 Å². The third-order valence-corrected chi connectivity index (χ3v) is 8.60. The van der Waals surface area contributed by atoms with Crippen molar-refractivity contribution in [3.05, 3.63) is 0 Å². The van der Waals surface area contributed by atoms with Gasteiger partial charge in [0.2, 0.25) is 5.91 Å². The Morgan fingerprint density at radius 2 is 1.83 bits per heavy atom. The molecule has 0 heterocycles. The van der Waals surface area contributed by atoms with Crippen molar-refractivity contribution in [3.63, 3.8) is 0 Å². The third-order valence-electron chi connectivity index (χ3n) is 8.60. The molecule has 0 bridgehead atoms. The van der Waals surface area contributed by atoms with Crippen molar-refractivity contribution in [2.24, 2.45) is 46.2 Å². The molecule has 2 N–H and O–H groups in total. The molecule has 4 nitrogen and oxygen atoms in total. The molecule has 0 aromatic carbocycles. The van der Waals surface area contributed by atoms with Crippen molar-refractivity contribution in [1.82, 2.24) is 0 Å². The first-order valence-electron chi connectivity index (χ1n) is 9.65. The van der Waals surface area contributed by atoms with E-state index in [0.717, 1.165) is 38.5 Å². The molecular weight excluding hydrogens is 302 g/mol. The van der Waals surface area contributed by atoms with Gasteiger partial charge in [-0.05, 0) is 55.3 Å². The molecule has 0 aromatic heterocycles. The Labute approximate surface area is 143 Å². The molecule has 4 aliphatic carbocycles. The van der Waals surface area contributed by atoms with Gasteiger partial charge in [-0.15, -0.1) is 0 Å². The first-order valence-corrected chi connectivity index (χ1v) is 9.65. The van der Waals surface area contributed by atoms with Crippen molar-refractivity contribution >= 4 is 17.5 Å². The molecule has 2 unspecified atom stereocenters. The van der Waals surface area contributed by atoms with Crippen molar-refractivity contribution in [3.8, 4) is 0 Å². The molecule has 4 heteroatoms. The van der Waals surface area contributed by atoms with Crippen LogP contribution in [0.5, 0.6) is 0 Å². The van der Waals surface area contributed by atoms with Gasteiger partial charge in [-0.1, -0.05) is 20.3 Å². The van der Waals surface area contributed by atoms with Crippen LogP contribution in [0.4, 0.5) is 0 Å². The first kappa shape index (κ1) is 16.3. The van der Waals surface area contributed by atoms with Crippen LogP contribution in [0.2, 0.25) is 0 Å². The predicted octanol–water partition coefficient (Wildman–Crippen LogP) is 2.88. The molecular formula is C20H29NO3. The second kappa shape index (κ2) is 5.15. The van der Waals surface area contributed by atoms with E-state index in [9.17, 15) is 14.4 Å². The first-order chi connectivity index (χ1) is 11.3. The number of Topliss-reactive ketones (excluding diaryl/α,β-unsaturated/α-hetero) is 2. The van der Waals surface area contributed by atoms with E-state index < -0.39 is 0 Å². The third kappa shape index (κ3) is 1.89. The maximum atomic E-state index is 13.0. The fraction of sp³-hybridized carbons (Fsp3) is 0.850. The van der Waals surface area contributed by atoms with Crippen molar-refractivity contribution in [1.29, 1.82) is 0 Å². The van der Waals surface area contributed by atoms with E-state index in [1.165, 1.54) is 0 Å². The zero-order chi connectivity index (χ0) is 17.3. The van der Waals surface area contributed by atoms with Gasteiger partial charge in [-0.2, -0.15) is 0 Å². The topological polar surface area (TPSA) is 77.2 Å². The molecule has 0 radical (unpaired) electrons. The van der Waals surface area contributed by atoms with Gasteiger partial charge in [0.05, 0.1) is 0 Å². The average molecular weight is 331 g/mol. The van der Waals surface area contributed by atoms with Gasteiger partial charge in [0, 0.05) is 30.1 Å². The normalized spacial score (nSPS) is 50.8. The Morgan fingerprint density at radius 3 is 2.54 bits per heavy atom. The van der Waals surface area contributed by atoms with Crippen LogP contribution in [0, 0.1) is 40.4 Å². The minimum Gasteiger partial charge on any atom is -0.369 e. The Hall–Kier alpha value is -1.19. The molecule has 0 aliphatic heterocycles. The van der Waals surface area contributed by atoms with E-state index in [0.29, 0.717) is 36.2 Å². The smallest absolute Gasteiger partial charge is 0.221 e. The van der Waals surface area contributed by atoms with Crippen molar-refractivity contribution in [2.75, 3.05) is 0 Å². The summed E-state index contributed by atoms with van der Waals surface area (Å²) in [5, 5.41) is 0. The van der Waals surface area contributed by atoms with Gasteiger partial charge in [0.25, 0.3) is 0 Å². The van der Waals surface area contributed by atoms with Crippen LogP contribution in [-0.4, -0.2) is 17.5 Å². The Balaban J connectivity index is 1.76. The molecule has 4 aliphatic rings. The number of fused-ring (bicyclic) bond motifs is 5. The molecule has 24 heavy (non-hydrogen) atoms. The van der Waals surface area contributed by atoms with E-state index in [1.807, 2.05) is 0 Å². The highest BCUT2D eigenvalue weighted by atomic mass is 16.1. The summed E-state index contributed by atoms with van der Waals surface area (Å²) in [6, 6.07) is 0. The summed E-state index contributed by atoms with van der Waals surface area (Å²) in [6.45, 7) is 4.29. The van der Waals surface area contributed by atoms with Crippen LogP contribution < -0.4 is 5.73 Å². The second-order valence-electron chi connectivity index (χ2n) is 9.27. The minimum absolute atomic E-state index is 0.00791. The fourth-order valence-electron chi connectivity index (χ4n) is 7.35. The number of rotatable bonds is 1. The second-order valence-corrected chi connectivity index (χ2v) is 9.27. The molecule has 7 atom stereocenters. The van der Waals surface area contributed by atoms with Crippen LogP contribution in [0.25, 0.3) is 0 Å². The molecule has 1 amide bonds. The van der Waals surface area contributed by atoms with E-state index >= 15 is 0 Å². The zero-order valence-corrected chi connectivity index (χ0v) is 14.8. The lowest BCUT2D eigenvalue weighted by Crippen LogP contribution is -2.60. The van der Waals surface area contributed by atoms with E-state index in [-0.39, 0.29) is 34.5 Å². The van der Waals surface area contributed by atoms with Crippen LogP contribution in [0.3, 0.4) is 0 Å². The van der Waals surface area contributed by atoms with Gasteiger partial charge in [0.1, 0.15) is 11.6 Å². The molecule has 0 spiro atoms. The zero-order valence-electron chi connectivity index (χ0n) is 14.8. The van der Waals surface area contributed by atoms with E-state index in [4.69, 9.17) is 5.73 Å². The van der Waals surface area contributed by atoms with Crippen LogP contribution in [0.15, 0.2) is 0 Å². The monoisotopic (exact) mass is 331 g/mol. The summed E-state index contributed by atoms with van der Waals surface area (Å²) in [5.74, 6) is 1.24. The Bertz CT molecular complexity index is 606. The lowest BCUT2D eigenvalue weighted by molar-refractivity contribution is -0.168. The SMILES string of the molecule is C[C@]12C(C(N)=O)CCCC1C(=O)C[C@@H]1[C@@H]2CC[C@]2(C)C(=O)CC[C@@H]12. The van der Waals surface area contributed by atoms with Crippen molar-refractivity contribution in [2.45, 2.75) is 65.2 Å². The van der Waals surface area contributed by atoms with Crippen LogP contribution in [-0.2, 0) is 14.4 Å². The highest BCUT2D eigenvalue weighted by Gasteiger charge is 2.64. The summed E-state index contributed by atoms with van der Waals surface area (Å²) in [6.07, 6.45) is 6.74. The highest BCUT2D eigenvalue weighted by molar-refractivity contribution is 5.89. The number of ketones is 2. The number of nitrogens with two attached hydrogens (primary N) is 1. The van der Waals surface area contributed by atoms with E-state index in [1.54, 1.807) is 0 Å². The summed E-state index contributed by atoms with van der Waals surface area (Å²) >= 11 is 0. The van der Waals surface area contributed by atoms with Crippen LogP contribution >= 0.6 is 0 Å². The molecule has 4 fully saturated rings. The number of primary amides is 1. The summed E-state index contributed by atoms with van der Waals surface area (Å²) < 4.78 is 0. The minimum atomic E-state index is -0.295. The molecule has 132 valence electrons. The molecule has 0 saturated heterocycles. The highest BCUT2D eigenvalue weighted by Crippen LogP contribution is 2.65. The van der Waals surface area contributed by atoms with Gasteiger partial charge in [-0.3, -0.25) is 14.4 Å². The number of carbonyl (C=O) groups is 3. The lowest BCUT2D eigenvalue weighted by atomic mass is 9.42. The molecule has 0 aromatic rings. The van der Waals surface area contributed by atoms with Gasteiger partial charge in [0.15, 0.2) is 0 Å². The maximum absolute atomic E-state index is 13.0. The van der Waals surface area contributed by atoms with Gasteiger partial charge < -0.3 is 5.73 Å². The Kier molecular flexibility index (Phi) is 3.50. The summed E-state index contributed by atoms with van der Waals surface area (Å²) in [7, 11) is 0. The summed E-state index contributed by atoms with van der Waals surface area (Å²) in [5.41, 5.74) is 5.25. The quantitative estimate of drug-likeness (QED) is 0.802. The molecule has 4 rings (SSSR count). The van der Waals surface area contributed by atoms with Crippen LogP contribution in [0.1, 0.15) is 65.2 Å². The van der Waals surface area contributed by atoms with Gasteiger partial charge in [-0.25, -0.2) is 0 Å². The number of hydrogen-bond donors (Lipinski definition) is 1. The lowest BCUT2D eigenvalue weighted by Gasteiger charge is -2.60. The average Bonchev–Trinajstić information content (AvgIpc) is 2.82. The number of amides is 1. The summed E-state index contributed by atoms with van der Waals surface area (Å²) in [4.78, 5) is 37.7. The Morgan fingerprint density at radius 1 is 1.08 bits per heavy atom. The maximum Gasteiger partial charge on any atom is 0.221 e. The van der Waals surface area contributed by atoms with Crippen molar-refractivity contribution < 1.29 is 14.4 Å². The predicted molar refractivity (Wildman–Crippen MR) is 89.8 cm³/mol. The fourth-order valence-corrected chi connectivity index (χ4v) is 7.35. The van der Waals surface area contributed by atoms with E-state index in [2.05, 4.69) is 13.8 Å². The standard InChI is InChI=1S/C20H29NO3/c1-19-9-8-13-11(12(19)6-7-17(19)23)10-16(22)14-4-3-5-15(18(21)24)20(13,14)2/h11-15H,3-10H2,1-2H3,(H2,21,24)/t11-,12-,13-,14?,15?,19-,20+/m0/s1.